The molecular weight excluding hydrogens is 140 g/mol. The van der Waals surface area contributed by atoms with E-state index in [-0.39, 0.29) is 0 Å². The van der Waals surface area contributed by atoms with Crippen LogP contribution in [-0.4, -0.2) is 13.9 Å². The second-order valence-corrected chi connectivity index (χ2v) is 2.68. The summed E-state index contributed by atoms with van der Waals surface area (Å²) in [7, 11) is 1.63. The highest BCUT2D eigenvalue weighted by atomic mass is 16.7. The Morgan fingerprint density at radius 2 is 2.27 bits per heavy atom. The normalized spacial score (nSPS) is 17.3. The van der Waals surface area contributed by atoms with Gasteiger partial charge in [-0.05, 0) is 19.4 Å². The van der Waals surface area contributed by atoms with Gasteiger partial charge in [0.2, 0.25) is 0 Å². The molecule has 1 rings (SSSR count). The quantitative estimate of drug-likeness (QED) is 0.458. The van der Waals surface area contributed by atoms with E-state index < -0.39 is 0 Å². The maximum absolute atomic E-state index is 5.30. The topological polar surface area (TPSA) is 18.5 Å². The van der Waals surface area contributed by atoms with E-state index in [1.54, 1.807) is 7.11 Å². The molecule has 0 atom stereocenters. The van der Waals surface area contributed by atoms with Gasteiger partial charge in [-0.2, -0.15) is 0 Å². The Balaban J connectivity index is 2.30. The summed E-state index contributed by atoms with van der Waals surface area (Å²) in [5, 5.41) is 0. The van der Waals surface area contributed by atoms with Crippen molar-refractivity contribution in [1.29, 1.82) is 0 Å². The first kappa shape index (κ1) is 8.34. The van der Waals surface area contributed by atoms with Crippen LogP contribution in [0.4, 0.5) is 0 Å². The number of ether oxygens (including phenoxy) is 2. The van der Waals surface area contributed by atoms with E-state index in [0.717, 1.165) is 18.6 Å². The maximum atomic E-state index is 5.30. The molecule has 0 N–H and O–H groups in total. The van der Waals surface area contributed by atoms with Crippen molar-refractivity contribution < 1.29 is 9.47 Å². The molecule has 0 aliphatic heterocycles. The summed E-state index contributed by atoms with van der Waals surface area (Å²) in [5.41, 5.74) is 1.37. The van der Waals surface area contributed by atoms with Crippen LogP contribution in [0.15, 0.2) is 23.5 Å². The SMILES string of the molecule is COCOC1=CCC=C(C)C1. The molecule has 0 amide bonds. The Morgan fingerprint density at radius 1 is 1.45 bits per heavy atom. The van der Waals surface area contributed by atoms with Crippen LogP contribution in [-0.2, 0) is 9.47 Å². The lowest BCUT2D eigenvalue weighted by atomic mass is 10.1. The smallest absolute Gasteiger partial charge is 0.188 e. The van der Waals surface area contributed by atoms with Crippen molar-refractivity contribution >= 4 is 0 Å². The number of methoxy groups -OCH3 is 1. The van der Waals surface area contributed by atoms with Crippen LogP contribution in [0, 0.1) is 0 Å². The molecule has 0 saturated carbocycles. The Bertz CT molecular complexity index is 180. The summed E-state index contributed by atoms with van der Waals surface area (Å²) in [6, 6.07) is 0. The molecule has 0 heterocycles. The largest absolute Gasteiger partial charge is 0.472 e. The zero-order chi connectivity index (χ0) is 8.10. The average Bonchev–Trinajstić information content (AvgIpc) is 2.01. The highest BCUT2D eigenvalue weighted by Crippen LogP contribution is 2.18. The molecule has 0 saturated heterocycles. The van der Waals surface area contributed by atoms with E-state index in [4.69, 9.17) is 9.47 Å². The lowest BCUT2D eigenvalue weighted by molar-refractivity contribution is 0.00311. The van der Waals surface area contributed by atoms with Crippen molar-refractivity contribution in [3.05, 3.63) is 23.5 Å². The minimum absolute atomic E-state index is 0.360. The minimum Gasteiger partial charge on any atom is -0.472 e. The Kier molecular flexibility index (Phi) is 3.17. The second-order valence-electron chi connectivity index (χ2n) is 2.68. The average molecular weight is 154 g/mol. The standard InChI is InChI=1S/C9H14O2/c1-8-4-3-5-9(6-8)11-7-10-2/h4-5H,3,6-7H2,1-2H3. The number of hydrogen-bond donors (Lipinski definition) is 0. The summed E-state index contributed by atoms with van der Waals surface area (Å²) in [5.74, 6) is 1.03. The lowest BCUT2D eigenvalue weighted by Crippen LogP contribution is -1.99. The highest BCUT2D eigenvalue weighted by Gasteiger charge is 2.03. The van der Waals surface area contributed by atoms with Gasteiger partial charge in [0.05, 0.1) is 5.76 Å². The third-order valence-electron chi connectivity index (χ3n) is 1.63. The molecule has 11 heavy (non-hydrogen) atoms. The molecule has 0 bridgehead atoms. The molecular formula is C9H14O2. The van der Waals surface area contributed by atoms with Crippen molar-refractivity contribution in [2.24, 2.45) is 0 Å². The molecule has 0 radical (unpaired) electrons. The molecule has 0 aromatic carbocycles. The van der Waals surface area contributed by atoms with Crippen molar-refractivity contribution in [3.63, 3.8) is 0 Å². The molecule has 1 aliphatic carbocycles. The summed E-state index contributed by atoms with van der Waals surface area (Å²) in [6.45, 7) is 2.47. The van der Waals surface area contributed by atoms with Crippen LogP contribution in [0.25, 0.3) is 0 Å². The van der Waals surface area contributed by atoms with E-state index in [0.29, 0.717) is 6.79 Å². The number of rotatable bonds is 3. The van der Waals surface area contributed by atoms with Gasteiger partial charge in [0.25, 0.3) is 0 Å². The Morgan fingerprint density at radius 3 is 2.91 bits per heavy atom. The molecule has 0 fully saturated rings. The van der Waals surface area contributed by atoms with Gasteiger partial charge in [0, 0.05) is 13.5 Å². The van der Waals surface area contributed by atoms with Gasteiger partial charge < -0.3 is 9.47 Å². The first-order valence-electron chi connectivity index (χ1n) is 3.79. The molecule has 0 spiro atoms. The van der Waals surface area contributed by atoms with Gasteiger partial charge in [0.1, 0.15) is 0 Å². The molecule has 2 heteroatoms. The van der Waals surface area contributed by atoms with E-state index in [1.807, 2.05) is 0 Å². The van der Waals surface area contributed by atoms with E-state index >= 15 is 0 Å². The number of hydrogen-bond acceptors (Lipinski definition) is 2. The van der Waals surface area contributed by atoms with Crippen LogP contribution in [0.2, 0.25) is 0 Å². The van der Waals surface area contributed by atoms with E-state index in [9.17, 15) is 0 Å². The van der Waals surface area contributed by atoms with Gasteiger partial charge in [0.15, 0.2) is 6.79 Å². The van der Waals surface area contributed by atoms with Crippen LogP contribution >= 0.6 is 0 Å². The molecule has 0 aromatic heterocycles. The predicted octanol–water partition coefficient (Wildman–Crippen LogP) is 2.23. The summed E-state index contributed by atoms with van der Waals surface area (Å²) in [4.78, 5) is 0. The molecule has 0 aromatic rings. The summed E-state index contributed by atoms with van der Waals surface area (Å²) < 4.78 is 10.1. The monoisotopic (exact) mass is 154 g/mol. The van der Waals surface area contributed by atoms with Crippen molar-refractivity contribution in [2.75, 3.05) is 13.9 Å². The van der Waals surface area contributed by atoms with E-state index in [1.165, 1.54) is 5.57 Å². The third-order valence-corrected chi connectivity index (χ3v) is 1.63. The van der Waals surface area contributed by atoms with Crippen molar-refractivity contribution in [3.8, 4) is 0 Å². The minimum atomic E-state index is 0.360. The predicted molar refractivity (Wildman–Crippen MR) is 44.0 cm³/mol. The fourth-order valence-corrected chi connectivity index (χ4v) is 1.06. The molecule has 2 nitrogen and oxygen atoms in total. The molecule has 0 unspecified atom stereocenters. The van der Waals surface area contributed by atoms with Crippen molar-refractivity contribution in [1.82, 2.24) is 0 Å². The summed E-state index contributed by atoms with van der Waals surface area (Å²) in [6.07, 6.45) is 6.22. The number of allylic oxidation sites excluding steroid dienone is 3. The van der Waals surface area contributed by atoms with Crippen LogP contribution in [0.3, 0.4) is 0 Å². The fourth-order valence-electron chi connectivity index (χ4n) is 1.06. The van der Waals surface area contributed by atoms with Gasteiger partial charge in [-0.3, -0.25) is 0 Å². The van der Waals surface area contributed by atoms with Gasteiger partial charge in [-0.25, -0.2) is 0 Å². The third kappa shape index (κ3) is 2.76. The highest BCUT2D eigenvalue weighted by molar-refractivity contribution is 5.16. The fraction of sp³-hybridized carbons (Fsp3) is 0.556. The van der Waals surface area contributed by atoms with Gasteiger partial charge >= 0.3 is 0 Å². The lowest BCUT2D eigenvalue weighted by Gasteiger charge is -2.12. The van der Waals surface area contributed by atoms with Crippen molar-refractivity contribution in [2.45, 2.75) is 19.8 Å². The Hall–Kier alpha value is -0.760. The van der Waals surface area contributed by atoms with E-state index in [2.05, 4.69) is 19.1 Å². The van der Waals surface area contributed by atoms with Gasteiger partial charge in [-0.15, -0.1) is 0 Å². The zero-order valence-electron chi connectivity index (χ0n) is 7.09. The summed E-state index contributed by atoms with van der Waals surface area (Å²) >= 11 is 0. The Labute approximate surface area is 67.5 Å². The molecule has 62 valence electrons. The van der Waals surface area contributed by atoms with Crippen LogP contribution in [0.5, 0.6) is 0 Å². The first-order valence-corrected chi connectivity index (χ1v) is 3.79. The first-order chi connectivity index (χ1) is 5.33. The molecule has 1 aliphatic rings. The maximum Gasteiger partial charge on any atom is 0.188 e. The second kappa shape index (κ2) is 4.19. The zero-order valence-corrected chi connectivity index (χ0v) is 7.09. The van der Waals surface area contributed by atoms with Crippen LogP contribution in [0.1, 0.15) is 19.8 Å². The van der Waals surface area contributed by atoms with Crippen LogP contribution < -0.4 is 0 Å². The van der Waals surface area contributed by atoms with Gasteiger partial charge in [-0.1, -0.05) is 11.6 Å².